The predicted octanol–water partition coefficient (Wildman–Crippen LogP) is 0.481. The number of hydrogen-bond donors (Lipinski definition) is 3. The maximum atomic E-state index is 5.92. The van der Waals surface area contributed by atoms with Gasteiger partial charge in [0.05, 0.1) is 12.2 Å². The molecule has 2 heterocycles. The molecule has 0 spiro atoms. The van der Waals surface area contributed by atoms with Crippen molar-refractivity contribution in [2.24, 2.45) is 0 Å². The number of nitrogens with one attached hydrogen (secondary N) is 2. The Morgan fingerprint density at radius 1 is 1.50 bits per heavy atom. The van der Waals surface area contributed by atoms with Crippen molar-refractivity contribution in [2.75, 3.05) is 12.3 Å². The lowest BCUT2D eigenvalue weighted by atomic mass is 10.0. The first-order valence-corrected chi connectivity index (χ1v) is 5.11. The van der Waals surface area contributed by atoms with Gasteiger partial charge in [-0.3, -0.25) is 4.98 Å². The number of nitrogens with two attached hydrogens (primary N) is 1. The average Bonchev–Trinajstić information content (AvgIpc) is 2.80. The Bertz CT molecular complexity index is 438. The average molecular weight is 218 g/mol. The Hall–Kier alpha value is -1.95. The van der Waals surface area contributed by atoms with Gasteiger partial charge in [-0.05, 0) is 12.6 Å². The van der Waals surface area contributed by atoms with Gasteiger partial charge in [-0.2, -0.15) is 15.4 Å². The van der Waals surface area contributed by atoms with Crippen LogP contribution in [0.25, 0.3) is 0 Å². The van der Waals surface area contributed by atoms with Crippen LogP contribution in [0.1, 0.15) is 24.2 Å². The summed E-state index contributed by atoms with van der Waals surface area (Å²) in [4.78, 5) is 4.08. The largest absolute Gasteiger partial charge is 0.398 e. The Labute approximate surface area is 93.3 Å². The molecule has 16 heavy (non-hydrogen) atoms. The zero-order valence-electron chi connectivity index (χ0n) is 9.01. The van der Waals surface area contributed by atoms with Crippen LogP contribution in [0, 0.1) is 0 Å². The molecule has 2 rings (SSSR count). The van der Waals surface area contributed by atoms with Gasteiger partial charge < -0.3 is 11.1 Å². The highest BCUT2D eigenvalue weighted by Gasteiger charge is 2.17. The second-order valence-corrected chi connectivity index (χ2v) is 3.39. The van der Waals surface area contributed by atoms with E-state index in [-0.39, 0.29) is 6.04 Å². The van der Waals surface area contributed by atoms with Crippen LogP contribution in [0.15, 0.2) is 24.7 Å². The van der Waals surface area contributed by atoms with Gasteiger partial charge in [0, 0.05) is 23.6 Å². The molecule has 0 amide bonds. The van der Waals surface area contributed by atoms with Crippen LogP contribution >= 0.6 is 0 Å². The van der Waals surface area contributed by atoms with Gasteiger partial charge in [0.25, 0.3) is 0 Å². The molecule has 6 heteroatoms. The maximum absolute atomic E-state index is 5.92. The molecule has 0 aliphatic heterocycles. The van der Waals surface area contributed by atoms with Crippen molar-refractivity contribution in [1.82, 2.24) is 25.7 Å². The number of anilines is 1. The normalized spacial score (nSPS) is 12.6. The molecule has 0 aromatic carbocycles. The molecule has 0 radical (unpaired) electrons. The quantitative estimate of drug-likeness (QED) is 0.694. The highest BCUT2D eigenvalue weighted by atomic mass is 15.3. The Balaban J connectivity index is 2.37. The lowest BCUT2D eigenvalue weighted by molar-refractivity contribution is 0.613. The highest BCUT2D eigenvalue weighted by molar-refractivity contribution is 5.48. The smallest absolute Gasteiger partial charge is 0.104 e. The minimum Gasteiger partial charge on any atom is -0.398 e. The zero-order valence-corrected chi connectivity index (χ0v) is 9.01. The molecule has 1 atom stereocenters. The summed E-state index contributed by atoms with van der Waals surface area (Å²) in [6, 6.07) is 1.71. The first-order valence-electron chi connectivity index (χ1n) is 5.11. The molecular formula is C10H14N6. The maximum Gasteiger partial charge on any atom is 0.104 e. The van der Waals surface area contributed by atoms with Crippen molar-refractivity contribution in [3.63, 3.8) is 0 Å². The minimum atomic E-state index is -0.0718. The van der Waals surface area contributed by atoms with Crippen molar-refractivity contribution in [1.29, 1.82) is 0 Å². The van der Waals surface area contributed by atoms with E-state index in [1.807, 2.05) is 6.92 Å². The van der Waals surface area contributed by atoms with Crippen LogP contribution in [-0.2, 0) is 0 Å². The Morgan fingerprint density at radius 2 is 2.38 bits per heavy atom. The molecule has 0 fully saturated rings. The first kappa shape index (κ1) is 10.6. The van der Waals surface area contributed by atoms with Gasteiger partial charge in [-0.25, -0.2) is 0 Å². The number of nitrogens with zero attached hydrogens (tertiary/aromatic N) is 3. The summed E-state index contributed by atoms with van der Waals surface area (Å²) >= 11 is 0. The molecule has 0 saturated heterocycles. The standard InChI is InChI=1S/C10H14N6/c1-2-13-10(9-6-14-16-15-9)7-5-12-4-3-8(7)11/h3-6,10,13H,2H2,1H3,(H2,11,12)(H,14,15,16). The molecule has 1 unspecified atom stereocenters. The Kier molecular flexibility index (Phi) is 3.11. The lowest BCUT2D eigenvalue weighted by Gasteiger charge is -2.16. The third-order valence-electron chi connectivity index (χ3n) is 2.34. The van der Waals surface area contributed by atoms with E-state index in [2.05, 4.69) is 25.7 Å². The van der Waals surface area contributed by atoms with Gasteiger partial charge in [0.15, 0.2) is 0 Å². The summed E-state index contributed by atoms with van der Waals surface area (Å²) in [5.41, 5.74) is 8.34. The van der Waals surface area contributed by atoms with Crippen LogP contribution < -0.4 is 11.1 Å². The van der Waals surface area contributed by atoms with E-state index in [4.69, 9.17) is 5.73 Å². The fourth-order valence-corrected chi connectivity index (χ4v) is 1.59. The molecular weight excluding hydrogens is 204 g/mol. The lowest BCUT2D eigenvalue weighted by Crippen LogP contribution is -2.23. The van der Waals surface area contributed by atoms with E-state index >= 15 is 0 Å². The summed E-state index contributed by atoms with van der Waals surface area (Å²) < 4.78 is 0. The van der Waals surface area contributed by atoms with Gasteiger partial charge in [-0.15, -0.1) is 0 Å². The van der Waals surface area contributed by atoms with Crippen molar-refractivity contribution in [3.8, 4) is 0 Å². The molecule has 0 aliphatic carbocycles. The van der Waals surface area contributed by atoms with Gasteiger partial charge in [-0.1, -0.05) is 6.92 Å². The molecule has 0 bridgehead atoms. The molecule has 2 aromatic heterocycles. The number of aromatic nitrogens is 4. The SMILES string of the molecule is CCNC(c1cn[nH]n1)c1cnccc1N. The van der Waals surface area contributed by atoms with Crippen LogP contribution in [0.3, 0.4) is 0 Å². The van der Waals surface area contributed by atoms with Crippen LogP contribution in [0.4, 0.5) is 5.69 Å². The highest BCUT2D eigenvalue weighted by Crippen LogP contribution is 2.23. The third kappa shape index (κ3) is 2.01. The number of pyridine rings is 1. The van der Waals surface area contributed by atoms with E-state index in [0.717, 1.165) is 17.8 Å². The summed E-state index contributed by atoms with van der Waals surface area (Å²) in [5, 5.41) is 13.8. The number of hydrogen-bond acceptors (Lipinski definition) is 5. The van der Waals surface area contributed by atoms with Crippen molar-refractivity contribution < 1.29 is 0 Å². The van der Waals surface area contributed by atoms with Crippen molar-refractivity contribution in [3.05, 3.63) is 35.9 Å². The van der Waals surface area contributed by atoms with E-state index in [9.17, 15) is 0 Å². The first-order chi connectivity index (χ1) is 7.83. The molecule has 0 aliphatic rings. The van der Waals surface area contributed by atoms with Gasteiger partial charge >= 0.3 is 0 Å². The number of aromatic amines is 1. The monoisotopic (exact) mass is 218 g/mol. The summed E-state index contributed by atoms with van der Waals surface area (Å²) in [7, 11) is 0. The Morgan fingerprint density at radius 3 is 3.00 bits per heavy atom. The zero-order chi connectivity index (χ0) is 11.4. The second-order valence-electron chi connectivity index (χ2n) is 3.39. The molecule has 2 aromatic rings. The van der Waals surface area contributed by atoms with E-state index in [1.165, 1.54) is 0 Å². The van der Waals surface area contributed by atoms with Gasteiger partial charge in [0.2, 0.25) is 0 Å². The topological polar surface area (TPSA) is 92.5 Å². The van der Waals surface area contributed by atoms with Crippen molar-refractivity contribution >= 4 is 5.69 Å². The fourth-order valence-electron chi connectivity index (χ4n) is 1.59. The van der Waals surface area contributed by atoms with Crippen LogP contribution in [0.5, 0.6) is 0 Å². The molecule has 0 saturated carbocycles. The molecule has 6 nitrogen and oxygen atoms in total. The van der Waals surface area contributed by atoms with Crippen molar-refractivity contribution in [2.45, 2.75) is 13.0 Å². The predicted molar refractivity (Wildman–Crippen MR) is 60.6 cm³/mol. The summed E-state index contributed by atoms with van der Waals surface area (Å²) in [6.45, 7) is 2.84. The number of nitrogen functional groups attached to an aromatic ring is 1. The van der Waals surface area contributed by atoms with E-state index in [0.29, 0.717) is 5.69 Å². The molecule has 84 valence electrons. The van der Waals surface area contributed by atoms with E-state index < -0.39 is 0 Å². The van der Waals surface area contributed by atoms with E-state index in [1.54, 1.807) is 24.7 Å². The van der Waals surface area contributed by atoms with Crippen LogP contribution in [-0.4, -0.2) is 26.9 Å². The summed E-state index contributed by atoms with van der Waals surface area (Å²) in [5.74, 6) is 0. The number of H-pyrrole nitrogens is 1. The minimum absolute atomic E-state index is 0.0718. The summed E-state index contributed by atoms with van der Waals surface area (Å²) in [6.07, 6.45) is 5.10. The molecule has 4 N–H and O–H groups in total. The van der Waals surface area contributed by atoms with Crippen LogP contribution in [0.2, 0.25) is 0 Å². The third-order valence-corrected chi connectivity index (χ3v) is 2.34. The van der Waals surface area contributed by atoms with Gasteiger partial charge in [0.1, 0.15) is 5.69 Å². The fraction of sp³-hybridized carbons (Fsp3) is 0.300. The second kappa shape index (κ2) is 4.71. The number of rotatable bonds is 4.